The number of anilines is 2. The lowest BCUT2D eigenvalue weighted by molar-refractivity contribution is 0.612. The summed E-state index contributed by atoms with van der Waals surface area (Å²) in [6.07, 6.45) is 0.485. The minimum absolute atomic E-state index is 0.485. The molecule has 0 heterocycles. The average molecular weight is 252 g/mol. The van der Waals surface area contributed by atoms with Gasteiger partial charge in [-0.25, -0.2) is 0 Å². The van der Waals surface area contributed by atoms with Crippen molar-refractivity contribution in [2.75, 3.05) is 23.7 Å². The van der Waals surface area contributed by atoms with Gasteiger partial charge in [0.15, 0.2) is 0 Å². The van der Waals surface area contributed by atoms with E-state index in [-0.39, 0.29) is 0 Å². The summed E-state index contributed by atoms with van der Waals surface area (Å²) in [6, 6.07) is 7.76. The van der Waals surface area contributed by atoms with E-state index in [1.165, 1.54) is 0 Å². The first kappa shape index (κ1) is 13.7. The summed E-state index contributed by atoms with van der Waals surface area (Å²) in [4.78, 5) is 2.12. The highest BCUT2D eigenvalue weighted by Gasteiger charge is 2.12. The lowest BCUT2D eigenvalue weighted by atomic mass is 10.1. The van der Waals surface area contributed by atoms with Crippen molar-refractivity contribution in [1.29, 1.82) is 5.26 Å². The minimum Gasteiger partial charge on any atom is -0.396 e. The van der Waals surface area contributed by atoms with E-state index in [1.54, 1.807) is 6.07 Å². The van der Waals surface area contributed by atoms with Gasteiger partial charge in [0.25, 0.3) is 0 Å². The highest BCUT2D eigenvalue weighted by Crippen LogP contribution is 2.30. The number of hydrogen-bond acceptors (Lipinski definition) is 3. The first-order chi connectivity index (χ1) is 8.06. The van der Waals surface area contributed by atoms with Gasteiger partial charge in [-0.3, -0.25) is 0 Å². The molecule has 92 valence electrons. The third-order valence-corrected chi connectivity index (χ3v) is 2.78. The highest BCUT2D eigenvalue weighted by atomic mass is 35.5. The second-order valence-corrected chi connectivity index (χ2v) is 4.83. The Balaban J connectivity index is 2.95. The quantitative estimate of drug-likeness (QED) is 0.817. The predicted molar refractivity (Wildman–Crippen MR) is 73.1 cm³/mol. The topological polar surface area (TPSA) is 53.0 Å². The van der Waals surface area contributed by atoms with E-state index < -0.39 is 0 Å². The molecular weight excluding hydrogens is 234 g/mol. The number of nitrogens with two attached hydrogens (primary N) is 1. The van der Waals surface area contributed by atoms with Gasteiger partial charge < -0.3 is 10.6 Å². The maximum Gasteiger partial charge on any atom is 0.0741 e. The molecule has 0 aliphatic carbocycles. The van der Waals surface area contributed by atoms with E-state index in [0.29, 0.717) is 29.6 Å². The van der Waals surface area contributed by atoms with E-state index in [0.717, 1.165) is 12.2 Å². The molecule has 0 aliphatic rings. The fourth-order valence-corrected chi connectivity index (χ4v) is 1.91. The van der Waals surface area contributed by atoms with Crippen molar-refractivity contribution in [2.45, 2.75) is 20.3 Å². The Hall–Kier alpha value is -1.40. The normalized spacial score (nSPS) is 10.3. The molecule has 3 nitrogen and oxygen atoms in total. The summed E-state index contributed by atoms with van der Waals surface area (Å²) in [5, 5.41) is 9.25. The van der Waals surface area contributed by atoms with Gasteiger partial charge in [0, 0.05) is 13.1 Å². The highest BCUT2D eigenvalue weighted by molar-refractivity contribution is 6.33. The molecule has 0 saturated heterocycles. The van der Waals surface area contributed by atoms with Crippen LogP contribution in [0.1, 0.15) is 20.3 Å². The zero-order valence-electron chi connectivity index (χ0n) is 10.3. The zero-order valence-corrected chi connectivity index (χ0v) is 11.0. The van der Waals surface area contributed by atoms with Gasteiger partial charge in [-0.2, -0.15) is 5.26 Å². The molecule has 0 saturated carbocycles. The largest absolute Gasteiger partial charge is 0.396 e. The van der Waals surface area contributed by atoms with Gasteiger partial charge in [-0.1, -0.05) is 31.5 Å². The maximum atomic E-state index is 8.69. The van der Waals surface area contributed by atoms with Crippen LogP contribution < -0.4 is 10.6 Å². The van der Waals surface area contributed by atoms with Crippen molar-refractivity contribution in [3.05, 3.63) is 23.2 Å². The van der Waals surface area contributed by atoms with Crippen LogP contribution in [0, 0.1) is 17.2 Å². The molecule has 0 amide bonds. The molecule has 0 fully saturated rings. The smallest absolute Gasteiger partial charge is 0.0741 e. The van der Waals surface area contributed by atoms with Crippen LogP contribution in [0.3, 0.4) is 0 Å². The minimum atomic E-state index is 0.485. The van der Waals surface area contributed by atoms with Gasteiger partial charge in [-0.05, 0) is 18.1 Å². The number of halogens is 1. The molecule has 0 aliphatic heterocycles. The summed E-state index contributed by atoms with van der Waals surface area (Å²) >= 11 is 6.01. The monoisotopic (exact) mass is 251 g/mol. The SMILES string of the molecule is CC(C)CN(CCC#N)c1cccc(Cl)c1N. The molecule has 0 spiro atoms. The molecule has 4 heteroatoms. The van der Waals surface area contributed by atoms with Crippen molar-refractivity contribution in [3.63, 3.8) is 0 Å². The summed E-state index contributed by atoms with van der Waals surface area (Å²) in [5.41, 5.74) is 7.48. The van der Waals surface area contributed by atoms with E-state index in [1.807, 2.05) is 12.1 Å². The van der Waals surface area contributed by atoms with Crippen LogP contribution in [0.4, 0.5) is 11.4 Å². The molecule has 0 unspecified atom stereocenters. The second kappa shape index (κ2) is 6.36. The van der Waals surface area contributed by atoms with Gasteiger partial charge in [0.2, 0.25) is 0 Å². The van der Waals surface area contributed by atoms with Crippen molar-refractivity contribution < 1.29 is 0 Å². The summed E-state index contributed by atoms with van der Waals surface area (Å²) < 4.78 is 0. The standard InChI is InChI=1S/C13H18ClN3/c1-10(2)9-17(8-4-7-15)12-6-3-5-11(14)13(12)16/h3,5-6,10H,4,8-9,16H2,1-2H3. The number of rotatable bonds is 5. The molecule has 1 aromatic carbocycles. The Morgan fingerprint density at radius 3 is 2.76 bits per heavy atom. The number of nitrogens with zero attached hydrogens (tertiary/aromatic N) is 2. The summed E-state index contributed by atoms with van der Waals surface area (Å²) in [6.45, 7) is 5.83. The molecule has 2 N–H and O–H groups in total. The molecule has 0 atom stereocenters. The lowest BCUT2D eigenvalue weighted by Crippen LogP contribution is -2.29. The number of hydrogen-bond donors (Lipinski definition) is 1. The Morgan fingerprint density at radius 1 is 1.47 bits per heavy atom. The van der Waals surface area contributed by atoms with Crippen LogP contribution in [0.5, 0.6) is 0 Å². The predicted octanol–water partition coefficient (Wildman–Crippen LogP) is 3.30. The fourth-order valence-electron chi connectivity index (χ4n) is 1.74. The van der Waals surface area contributed by atoms with Gasteiger partial charge in [0.1, 0.15) is 0 Å². The van der Waals surface area contributed by atoms with E-state index >= 15 is 0 Å². The number of para-hydroxylation sites is 1. The Labute approximate surface area is 108 Å². The first-order valence-corrected chi connectivity index (χ1v) is 6.10. The first-order valence-electron chi connectivity index (χ1n) is 5.72. The van der Waals surface area contributed by atoms with E-state index in [2.05, 4.69) is 24.8 Å². The van der Waals surface area contributed by atoms with E-state index in [9.17, 15) is 0 Å². The van der Waals surface area contributed by atoms with Crippen LogP contribution >= 0.6 is 11.6 Å². The van der Waals surface area contributed by atoms with Crippen molar-refractivity contribution in [1.82, 2.24) is 0 Å². The third-order valence-electron chi connectivity index (χ3n) is 2.45. The molecule has 1 aromatic rings. The fraction of sp³-hybridized carbons (Fsp3) is 0.462. The lowest BCUT2D eigenvalue weighted by Gasteiger charge is -2.27. The Kier molecular flexibility index (Phi) is 5.11. The van der Waals surface area contributed by atoms with Crippen LogP contribution in [0.2, 0.25) is 5.02 Å². The van der Waals surface area contributed by atoms with Crippen molar-refractivity contribution in [2.24, 2.45) is 5.92 Å². The van der Waals surface area contributed by atoms with Crippen molar-refractivity contribution in [3.8, 4) is 6.07 Å². The van der Waals surface area contributed by atoms with Gasteiger partial charge in [-0.15, -0.1) is 0 Å². The number of nitrogen functional groups attached to an aromatic ring is 1. The van der Waals surface area contributed by atoms with E-state index in [4.69, 9.17) is 22.6 Å². The molecule has 0 radical (unpaired) electrons. The van der Waals surface area contributed by atoms with Gasteiger partial charge in [0.05, 0.1) is 28.9 Å². The average Bonchev–Trinajstić information content (AvgIpc) is 2.28. The molecular formula is C13H18ClN3. The van der Waals surface area contributed by atoms with Crippen LogP contribution in [-0.4, -0.2) is 13.1 Å². The third kappa shape index (κ3) is 3.83. The van der Waals surface area contributed by atoms with Gasteiger partial charge >= 0.3 is 0 Å². The maximum absolute atomic E-state index is 8.69. The molecule has 1 rings (SSSR count). The van der Waals surface area contributed by atoms with Crippen LogP contribution in [-0.2, 0) is 0 Å². The molecule has 17 heavy (non-hydrogen) atoms. The second-order valence-electron chi connectivity index (χ2n) is 4.42. The van der Waals surface area contributed by atoms with Crippen LogP contribution in [0.15, 0.2) is 18.2 Å². The number of nitriles is 1. The van der Waals surface area contributed by atoms with Crippen LogP contribution in [0.25, 0.3) is 0 Å². The summed E-state index contributed by atoms with van der Waals surface area (Å²) in [5.74, 6) is 0.507. The zero-order chi connectivity index (χ0) is 12.8. The van der Waals surface area contributed by atoms with Crippen molar-refractivity contribution >= 4 is 23.0 Å². The number of benzene rings is 1. The molecule has 0 bridgehead atoms. The summed E-state index contributed by atoms with van der Waals surface area (Å²) in [7, 11) is 0. The molecule has 0 aromatic heterocycles. The Bertz CT molecular complexity index is 410. The Morgan fingerprint density at radius 2 is 2.18 bits per heavy atom.